The van der Waals surface area contributed by atoms with Gasteiger partial charge in [0.15, 0.2) is 0 Å². The minimum atomic E-state index is -3.52. The molecule has 4 rings (SSSR count). The minimum Gasteiger partial charge on any atom is -0.338 e. The standard InChI is InChI=1S/C24H27F3N2O3S/c1-14(2)33(31,32)28-15(3)21-11-12-29(21)23(30)18-13-24(18,27)17-8-5-4-7-16(17)22-19(25)9-6-10-20(22)26/h4-10,14-15,18,21,28H,11-13H2,1-3H3/t15?,18-,21-,24+/m0/s1. The Morgan fingerprint density at radius 2 is 1.73 bits per heavy atom. The van der Waals surface area contributed by atoms with E-state index in [-0.39, 0.29) is 29.2 Å². The van der Waals surface area contributed by atoms with Gasteiger partial charge in [-0.05, 0) is 50.5 Å². The summed E-state index contributed by atoms with van der Waals surface area (Å²) in [5.41, 5.74) is -2.19. The maximum Gasteiger partial charge on any atom is 0.229 e. The van der Waals surface area contributed by atoms with Crippen molar-refractivity contribution >= 4 is 15.9 Å². The number of nitrogens with zero attached hydrogens (tertiary/aromatic N) is 1. The lowest BCUT2D eigenvalue weighted by Crippen LogP contribution is -2.61. The number of sulfonamides is 1. The van der Waals surface area contributed by atoms with E-state index in [2.05, 4.69) is 4.72 Å². The number of carbonyl (C=O) groups is 1. The third-order valence-corrected chi connectivity index (χ3v) is 8.64. The highest BCUT2D eigenvalue weighted by atomic mass is 32.2. The lowest BCUT2D eigenvalue weighted by atomic mass is 9.92. The summed E-state index contributed by atoms with van der Waals surface area (Å²) in [5, 5.41) is -0.610. The predicted octanol–water partition coefficient (Wildman–Crippen LogP) is 4.13. The normalized spacial score (nSPS) is 25.6. The number of benzene rings is 2. The molecule has 2 aromatic rings. The first-order valence-electron chi connectivity index (χ1n) is 11.0. The van der Waals surface area contributed by atoms with E-state index in [0.717, 1.165) is 12.1 Å². The molecule has 178 valence electrons. The van der Waals surface area contributed by atoms with E-state index < -0.39 is 50.4 Å². The van der Waals surface area contributed by atoms with Crippen LogP contribution in [0.1, 0.15) is 39.2 Å². The molecule has 0 radical (unpaired) electrons. The summed E-state index contributed by atoms with van der Waals surface area (Å²) < 4.78 is 71.8. The largest absolute Gasteiger partial charge is 0.338 e. The minimum absolute atomic E-state index is 0.0815. The van der Waals surface area contributed by atoms with Crippen molar-refractivity contribution in [3.8, 4) is 11.1 Å². The van der Waals surface area contributed by atoms with Crippen molar-refractivity contribution in [3.05, 3.63) is 59.7 Å². The zero-order chi connectivity index (χ0) is 24.1. The molecule has 0 bridgehead atoms. The molecule has 9 heteroatoms. The second-order valence-electron chi connectivity index (χ2n) is 9.15. The van der Waals surface area contributed by atoms with Gasteiger partial charge in [-0.15, -0.1) is 0 Å². The van der Waals surface area contributed by atoms with Crippen molar-refractivity contribution in [2.24, 2.45) is 5.92 Å². The number of amides is 1. The van der Waals surface area contributed by atoms with E-state index in [1.54, 1.807) is 32.9 Å². The predicted molar refractivity (Wildman–Crippen MR) is 119 cm³/mol. The molecule has 1 amide bonds. The second kappa shape index (κ2) is 8.43. The van der Waals surface area contributed by atoms with E-state index in [1.807, 2.05) is 0 Å². The molecule has 1 saturated carbocycles. The van der Waals surface area contributed by atoms with Crippen molar-refractivity contribution < 1.29 is 26.4 Å². The third-order valence-electron chi connectivity index (χ3n) is 6.70. The Labute approximate surface area is 192 Å². The van der Waals surface area contributed by atoms with Crippen LogP contribution in [0.15, 0.2) is 42.5 Å². The van der Waals surface area contributed by atoms with Crippen LogP contribution in [0.5, 0.6) is 0 Å². The average molecular weight is 481 g/mol. The lowest BCUT2D eigenvalue weighted by molar-refractivity contribution is -0.142. The molecule has 2 aromatic carbocycles. The smallest absolute Gasteiger partial charge is 0.229 e. The number of rotatable bonds is 7. The molecule has 1 N–H and O–H groups in total. The molecule has 2 fully saturated rings. The highest BCUT2D eigenvalue weighted by Gasteiger charge is 2.63. The Kier molecular flexibility index (Phi) is 6.07. The van der Waals surface area contributed by atoms with Gasteiger partial charge in [0, 0.05) is 25.0 Å². The SMILES string of the molecule is CC(NS(=O)(=O)C(C)C)[C@@H]1CCN1C(=O)[C@@H]1C[C@@]1(F)c1ccccc1-c1c(F)cccc1F. The van der Waals surface area contributed by atoms with E-state index in [9.17, 15) is 22.0 Å². The Bertz CT molecular complexity index is 1170. The second-order valence-corrected chi connectivity index (χ2v) is 11.4. The monoisotopic (exact) mass is 480 g/mol. The molecule has 2 aliphatic rings. The van der Waals surface area contributed by atoms with Gasteiger partial charge in [-0.25, -0.2) is 26.3 Å². The molecular weight excluding hydrogens is 453 g/mol. The fourth-order valence-electron chi connectivity index (χ4n) is 4.51. The molecule has 4 atom stereocenters. The fourth-order valence-corrected chi connectivity index (χ4v) is 5.46. The number of carbonyl (C=O) groups excluding carboxylic acids is 1. The number of halogens is 3. The first-order valence-corrected chi connectivity index (χ1v) is 12.6. The third kappa shape index (κ3) is 4.17. The van der Waals surface area contributed by atoms with Gasteiger partial charge < -0.3 is 4.90 Å². The molecule has 0 spiro atoms. The molecule has 1 unspecified atom stereocenters. The van der Waals surface area contributed by atoms with Gasteiger partial charge in [-0.1, -0.05) is 30.3 Å². The maximum absolute atomic E-state index is 16.0. The summed E-state index contributed by atoms with van der Waals surface area (Å²) in [6.07, 6.45) is 0.519. The molecule has 5 nitrogen and oxygen atoms in total. The maximum atomic E-state index is 16.0. The first-order chi connectivity index (χ1) is 15.5. The van der Waals surface area contributed by atoms with E-state index in [1.165, 1.54) is 23.1 Å². The number of hydrogen-bond acceptors (Lipinski definition) is 3. The Balaban J connectivity index is 1.55. The molecule has 1 aliphatic heterocycles. The summed E-state index contributed by atoms with van der Waals surface area (Å²) in [6, 6.07) is 8.64. The van der Waals surface area contributed by atoms with Gasteiger partial charge in [0.1, 0.15) is 17.3 Å². The molecule has 1 saturated heterocycles. The topological polar surface area (TPSA) is 66.5 Å². The Morgan fingerprint density at radius 1 is 1.09 bits per heavy atom. The van der Waals surface area contributed by atoms with Crippen molar-refractivity contribution in [1.82, 2.24) is 9.62 Å². The highest BCUT2D eigenvalue weighted by Crippen LogP contribution is 2.59. The quantitative estimate of drug-likeness (QED) is 0.648. The molecular formula is C24H27F3N2O3S. The lowest BCUT2D eigenvalue weighted by Gasteiger charge is -2.45. The Hall–Kier alpha value is -2.39. The summed E-state index contributed by atoms with van der Waals surface area (Å²) >= 11 is 0. The van der Waals surface area contributed by atoms with Crippen molar-refractivity contribution in [1.29, 1.82) is 0 Å². The zero-order valence-electron chi connectivity index (χ0n) is 18.7. The summed E-state index contributed by atoms with van der Waals surface area (Å²) in [5.74, 6) is -2.99. The summed E-state index contributed by atoms with van der Waals surface area (Å²) in [7, 11) is -3.52. The van der Waals surface area contributed by atoms with Crippen LogP contribution in [0.4, 0.5) is 13.2 Å². The van der Waals surface area contributed by atoms with Crippen LogP contribution >= 0.6 is 0 Å². The average Bonchev–Trinajstić information content (AvgIpc) is 3.39. The van der Waals surface area contributed by atoms with Gasteiger partial charge >= 0.3 is 0 Å². The van der Waals surface area contributed by atoms with Crippen LogP contribution in [0.3, 0.4) is 0 Å². The highest BCUT2D eigenvalue weighted by molar-refractivity contribution is 7.90. The molecule has 1 aliphatic carbocycles. The number of likely N-dealkylation sites (tertiary alicyclic amines) is 1. The number of nitrogens with one attached hydrogen (secondary N) is 1. The Morgan fingerprint density at radius 3 is 2.30 bits per heavy atom. The van der Waals surface area contributed by atoms with Crippen LogP contribution in [0.25, 0.3) is 11.1 Å². The molecule has 33 heavy (non-hydrogen) atoms. The van der Waals surface area contributed by atoms with Crippen LogP contribution in [-0.4, -0.2) is 43.1 Å². The van der Waals surface area contributed by atoms with E-state index in [4.69, 9.17) is 0 Å². The van der Waals surface area contributed by atoms with Crippen molar-refractivity contribution in [2.75, 3.05) is 6.54 Å². The van der Waals surface area contributed by atoms with Gasteiger partial charge in [0.2, 0.25) is 15.9 Å². The van der Waals surface area contributed by atoms with Crippen LogP contribution in [0.2, 0.25) is 0 Å². The van der Waals surface area contributed by atoms with Gasteiger partial charge in [-0.2, -0.15) is 0 Å². The molecule has 1 heterocycles. The van der Waals surface area contributed by atoms with Crippen LogP contribution in [-0.2, 0) is 20.5 Å². The fraction of sp³-hybridized carbons (Fsp3) is 0.458. The summed E-state index contributed by atoms with van der Waals surface area (Å²) in [4.78, 5) is 14.6. The van der Waals surface area contributed by atoms with Crippen LogP contribution < -0.4 is 4.72 Å². The van der Waals surface area contributed by atoms with E-state index in [0.29, 0.717) is 13.0 Å². The summed E-state index contributed by atoms with van der Waals surface area (Å²) in [6.45, 7) is 5.23. The van der Waals surface area contributed by atoms with E-state index >= 15 is 4.39 Å². The van der Waals surface area contributed by atoms with Crippen LogP contribution in [0, 0.1) is 17.6 Å². The van der Waals surface area contributed by atoms with Gasteiger partial charge in [-0.3, -0.25) is 4.79 Å². The van der Waals surface area contributed by atoms with Gasteiger partial charge in [0.25, 0.3) is 0 Å². The van der Waals surface area contributed by atoms with Gasteiger partial charge in [0.05, 0.1) is 16.7 Å². The molecule has 0 aromatic heterocycles. The zero-order valence-corrected chi connectivity index (χ0v) is 19.5. The first kappa shape index (κ1) is 23.8. The van der Waals surface area contributed by atoms with Crippen molar-refractivity contribution in [2.45, 2.75) is 56.6 Å². The van der Waals surface area contributed by atoms with Crippen molar-refractivity contribution in [3.63, 3.8) is 0 Å². The number of hydrogen-bond donors (Lipinski definition) is 1. The number of alkyl halides is 1.